The van der Waals surface area contributed by atoms with Crippen molar-refractivity contribution in [2.75, 3.05) is 7.11 Å². The van der Waals surface area contributed by atoms with Crippen LogP contribution in [0.5, 0.6) is 0 Å². The van der Waals surface area contributed by atoms with Gasteiger partial charge in [0.1, 0.15) is 6.10 Å². The topological polar surface area (TPSA) is 75.6 Å². The highest BCUT2D eigenvalue weighted by molar-refractivity contribution is 5.81. The van der Waals surface area contributed by atoms with Gasteiger partial charge in [-0.3, -0.25) is 9.59 Å². The predicted molar refractivity (Wildman–Crippen MR) is 67.2 cm³/mol. The average Bonchev–Trinajstić information content (AvgIpc) is 2.30. The van der Waals surface area contributed by atoms with Gasteiger partial charge in [-0.25, -0.2) is 0 Å². The van der Waals surface area contributed by atoms with Crippen LogP contribution in [0.2, 0.25) is 0 Å². The SMILES string of the molecule is COC(C)C(=O)NC1CCCCCCC1C(=O)O. The van der Waals surface area contributed by atoms with E-state index >= 15 is 0 Å². The fraction of sp³-hybridized carbons (Fsp3) is 0.846. The fourth-order valence-electron chi connectivity index (χ4n) is 2.36. The van der Waals surface area contributed by atoms with Crippen molar-refractivity contribution in [1.82, 2.24) is 5.32 Å². The molecule has 0 aromatic rings. The van der Waals surface area contributed by atoms with Crippen molar-refractivity contribution < 1.29 is 19.4 Å². The maximum Gasteiger partial charge on any atom is 0.308 e. The number of methoxy groups -OCH3 is 1. The quantitative estimate of drug-likeness (QED) is 0.801. The van der Waals surface area contributed by atoms with Gasteiger partial charge < -0.3 is 15.2 Å². The van der Waals surface area contributed by atoms with Gasteiger partial charge in [0, 0.05) is 13.2 Å². The van der Waals surface area contributed by atoms with Gasteiger partial charge in [0.05, 0.1) is 5.92 Å². The molecule has 0 aromatic heterocycles. The fourth-order valence-corrected chi connectivity index (χ4v) is 2.36. The molecule has 1 amide bonds. The molecule has 0 heterocycles. The van der Waals surface area contributed by atoms with Crippen LogP contribution in [0.1, 0.15) is 45.4 Å². The Morgan fingerprint density at radius 2 is 1.83 bits per heavy atom. The molecule has 0 aromatic carbocycles. The molecule has 1 rings (SSSR count). The summed E-state index contributed by atoms with van der Waals surface area (Å²) in [6, 6.07) is -0.270. The summed E-state index contributed by atoms with van der Waals surface area (Å²) in [4.78, 5) is 23.0. The van der Waals surface area contributed by atoms with Gasteiger partial charge in [0.15, 0.2) is 0 Å². The number of carbonyl (C=O) groups excluding carboxylic acids is 1. The highest BCUT2D eigenvalue weighted by Gasteiger charge is 2.30. The molecule has 2 N–H and O–H groups in total. The summed E-state index contributed by atoms with van der Waals surface area (Å²) < 4.78 is 4.95. The number of carboxylic acid groups (broad SMARTS) is 1. The molecule has 0 aliphatic heterocycles. The van der Waals surface area contributed by atoms with E-state index in [9.17, 15) is 14.7 Å². The smallest absolute Gasteiger partial charge is 0.308 e. The highest BCUT2D eigenvalue weighted by Crippen LogP contribution is 2.23. The second kappa shape index (κ2) is 7.36. The Balaban J connectivity index is 2.66. The summed E-state index contributed by atoms with van der Waals surface area (Å²) >= 11 is 0. The molecule has 5 heteroatoms. The summed E-state index contributed by atoms with van der Waals surface area (Å²) in [5.74, 6) is -1.51. The highest BCUT2D eigenvalue weighted by atomic mass is 16.5. The summed E-state index contributed by atoms with van der Waals surface area (Å²) in [5, 5.41) is 12.1. The van der Waals surface area contributed by atoms with E-state index < -0.39 is 18.0 Å². The number of amides is 1. The van der Waals surface area contributed by atoms with Gasteiger partial charge in [0.2, 0.25) is 5.91 Å². The van der Waals surface area contributed by atoms with Crippen molar-refractivity contribution in [1.29, 1.82) is 0 Å². The molecular weight excluding hydrogens is 234 g/mol. The first-order valence-electron chi connectivity index (χ1n) is 6.62. The Labute approximate surface area is 108 Å². The third-order valence-electron chi connectivity index (χ3n) is 3.63. The van der Waals surface area contributed by atoms with Gasteiger partial charge >= 0.3 is 5.97 Å². The Kier molecular flexibility index (Phi) is 6.12. The van der Waals surface area contributed by atoms with Crippen LogP contribution in [0, 0.1) is 5.92 Å². The molecule has 104 valence electrons. The third-order valence-corrected chi connectivity index (χ3v) is 3.63. The number of nitrogens with one attached hydrogen (secondary N) is 1. The lowest BCUT2D eigenvalue weighted by molar-refractivity contribution is -0.144. The Bertz CT molecular complexity index is 293. The first kappa shape index (κ1) is 15.0. The molecule has 3 atom stereocenters. The summed E-state index contributed by atoms with van der Waals surface area (Å²) in [7, 11) is 1.47. The van der Waals surface area contributed by atoms with Gasteiger partial charge in [-0.15, -0.1) is 0 Å². The van der Waals surface area contributed by atoms with E-state index in [1.54, 1.807) is 6.92 Å². The van der Waals surface area contributed by atoms with Crippen LogP contribution >= 0.6 is 0 Å². The van der Waals surface area contributed by atoms with Gasteiger partial charge in [-0.2, -0.15) is 0 Å². The van der Waals surface area contributed by atoms with Crippen molar-refractivity contribution in [3.05, 3.63) is 0 Å². The first-order chi connectivity index (χ1) is 8.56. The number of aliphatic carboxylic acids is 1. The van der Waals surface area contributed by atoms with Crippen LogP contribution < -0.4 is 5.32 Å². The molecule has 5 nitrogen and oxygen atoms in total. The van der Waals surface area contributed by atoms with Crippen LogP contribution in [0.15, 0.2) is 0 Å². The van der Waals surface area contributed by atoms with E-state index in [0.29, 0.717) is 6.42 Å². The number of ether oxygens (including phenoxy) is 1. The van der Waals surface area contributed by atoms with Crippen molar-refractivity contribution >= 4 is 11.9 Å². The zero-order chi connectivity index (χ0) is 13.5. The normalized spacial score (nSPS) is 26.8. The van der Waals surface area contributed by atoms with Crippen LogP contribution in [-0.4, -0.2) is 36.2 Å². The molecule has 0 spiro atoms. The van der Waals surface area contributed by atoms with Crippen LogP contribution in [0.4, 0.5) is 0 Å². The monoisotopic (exact) mass is 257 g/mol. The Morgan fingerprint density at radius 3 is 2.39 bits per heavy atom. The lowest BCUT2D eigenvalue weighted by atomic mass is 9.86. The van der Waals surface area contributed by atoms with Gasteiger partial charge in [0.25, 0.3) is 0 Å². The molecule has 18 heavy (non-hydrogen) atoms. The zero-order valence-corrected chi connectivity index (χ0v) is 11.1. The van der Waals surface area contributed by atoms with E-state index in [-0.39, 0.29) is 11.9 Å². The average molecular weight is 257 g/mol. The molecular formula is C13H23NO4. The Morgan fingerprint density at radius 1 is 1.22 bits per heavy atom. The molecule has 1 aliphatic rings. The van der Waals surface area contributed by atoms with E-state index in [1.807, 2.05) is 0 Å². The van der Waals surface area contributed by atoms with E-state index in [1.165, 1.54) is 7.11 Å². The lowest BCUT2D eigenvalue weighted by Gasteiger charge is -2.28. The summed E-state index contributed by atoms with van der Waals surface area (Å²) in [6.45, 7) is 1.66. The standard InChI is InChI=1S/C13H23NO4/c1-9(18-2)12(15)14-11-8-6-4-3-5-7-10(11)13(16)17/h9-11H,3-8H2,1-2H3,(H,14,15)(H,16,17). The number of rotatable bonds is 4. The first-order valence-corrected chi connectivity index (χ1v) is 6.62. The van der Waals surface area contributed by atoms with E-state index in [2.05, 4.69) is 5.32 Å². The van der Waals surface area contributed by atoms with Crippen molar-refractivity contribution in [2.24, 2.45) is 5.92 Å². The maximum atomic E-state index is 11.8. The van der Waals surface area contributed by atoms with Crippen LogP contribution in [0.25, 0.3) is 0 Å². The largest absolute Gasteiger partial charge is 0.481 e. The molecule has 3 unspecified atom stereocenters. The molecule has 0 radical (unpaired) electrons. The second-order valence-electron chi connectivity index (χ2n) is 4.93. The number of carbonyl (C=O) groups is 2. The molecule has 1 aliphatic carbocycles. The van der Waals surface area contributed by atoms with Crippen LogP contribution in [0.3, 0.4) is 0 Å². The zero-order valence-electron chi connectivity index (χ0n) is 11.1. The third kappa shape index (κ3) is 4.29. The lowest BCUT2D eigenvalue weighted by Crippen LogP contribution is -2.47. The second-order valence-corrected chi connectivity index (χ2v) is 4.93. The summed E-state index contributed by atoms with van der Waals surface area (Å²) in [6.07, 6.45) is 4.92. The van der Waals surface area contributed by atoms with Gasteiger partial charge in [-0.05, 0) is 19.8 Å². The Hall–Kier alpha value is -1.10. The molecule has 0 bridgehead atoms. The number of carboxylic acids is 1. The minimum atomic E-state index is -0.813. The molecule has 1 fully saturated rings. The van der Waals surface area contributed by atoms with Crippen molar-refractivity contribution in [3.63, 3.8) is 0 Å². The van der Waals surface area contributed by atoms with Crippen molar-refractivity contribution in [2.45, 2.75) is 57.6 Å². The minimum absolute atomic E-state index is 0.227. The number of hydrogen-bond acceptors (Lipinski definition) is 3. The minimum Gasteiger partial charge on any atom is -0.481 e. The van der Waals surface area contributed by atoms with Crippen LogP contribution in [-0.2, 0) is 14.3 Å². The summed E-state index contributed by atoms with van der Waals surface area (Å²) in [5.41, 5.74) is 0. The predicted octanol–water partition coefficient (Wildman–Crippen LogP) is 1.56. The molecule has 1 saturated carbocycles. The number of hydrogen-bond donors (Lipinski definition) is 2. The van der Waals surface area contributed by atoms with Gasteiger partial charge in [-0.1, -0.05) is 25.7 Å². The van der Waals surface area contributed by atoms with E-state index in [4.69, 9.17) is 4.74 Å². The van der Waals surface area contributed by atoms with E-state index in [0.717, 1.165) is 32.1 Å². The van der Waals surface area contributed by atoms with Crippen molar-refractivity contribution in [3.8, 4) is 0 Å². The maximum absolute atomic E-state index is 11.8. The molecule has 0 saturated heterocycles.